The summed E-state index contributed by atoms with van der Waals surface area (Å²) >= 11 is 0. The number of phenolic OH excluding ortho intramolecular Hbond substituents is 2. The van der Waals surface area contributed by atoms with Crippen LogP contribution in [0, 0.1) is 0 Å². The highest BCUT2D eigenvalue weighted by Crippen LogP contribution is 2.38. The van der Waals surface area contributed by atoms with E-state index >= 15 is 0 Å². The van der Waals surface area contributed by atoms with E-state index < -0.39 is 0 Å². The van der Waals surface area contributed by atoms with Crippen LogP contribution in [-0.2, 0) is 0 Å². The van der Waals surface area contributed by atoms with Crippen molar-refractivity contribution < 1.29 is 10.2 Å². The van der Waals surface area contributed by atoms with Gasteiger partial charge in [0.2, 0.25) is 0 Å². The van der Waals surface area contributed by atoms with Crippen LogP contribution in [0.2, 0.25) is 0 Å². The second-order valence-electron chi connectivity index (χ2n) is 5.38. The van der Waals surface area contributed by atoms with E-state index in [0.717, 1.165) is 11.4 Å². The van der Waals surface area contributed by atoms with Gasteiger partial charge in [0.25, 0.3) is 0 Å². The third-order valence-corrected chi connectivity index (χ3v) is 3.49. The lowest BCUT2D eigenvalue weighted by Gasteiger charge is -2.14. The molecule has 0 bridgehead atoms. The number of aromatic hydroxyl groups is 2. The third-order valence-electron chi connectivity index (χ3n) is 3.49. The lowest BCUT2D eigenvalue weighted by Crippen LogP contribution is -1.96. The summed E-state index contributed by atoms with van der Waals surface area (Å²) in [6.07, 6.45) is 0. The van der Waals surface area contributed by atoms with Gasteiger partial charge in [-0.05, 0) is 54.6 Å². The largest absolute Gasteiger partial charge is 0.506 e. The summed E-state index contributed by atoms with van der Waals surface area (Å²) in [6, 6.07) is 17.1. The van der Waals surface area contributed by atoms with E-state index in [-0.39, 0.29) is 11.5 Å². The van der Waals surface area contributed by atoms with Crippen molar-refractivity contribution in [3.05, 3.63) is 60.7 Å². The third kappa shape index (κ3) is 3.44. The normalized spacial score (nSPS) is 10.3. The molecule has 0 saturated carbocycles. The Morgan fingerprint density at radius 3 is 1.33 bits per heavy atom. The van der Waals surface area contributed by atoms with Crippen LogP contribution in [0.4, 0.5) is 34.1 Å². The van der Waals surface area contributed by atoms with Gasteiger partial charge in [0.1, 0.15) is 11.5 Å². The molecular formula is C18H18N4O2. The Morgan fingerprint density at radius 2 is 0.958 bits per heavy atom. The van der Waals surface area contributed by atoms with Gasteiger partial charge in [0.15, 0.2) is 0 Å². The lowest BCUT2D eigenvalue weighted by molar-refractivity contribution is 0.453. The molecule has 0 spiro atoms. The number of phenols is 2. The molecule has 0 saturated heterocycles. The first-order valence-electron chi connectivity index (χ1n) is 7.32. The number of nitrogens with two attached hydrogens (primary N) is 2. The lowest BCUT2D eigenvalue weighted by atomic mass is 10.2. The maximum absolute atomic E-state index is 10.0. The van der Waals surface area contributed by atoms with E-state index in [1.807, 2.05) is 0 Å². The van der Waals surface area contributed by atoms with Crippen LogP contribution in [0.3, 0.4) is 0 Å². The summed E-state index contributed by atoms with van der Waals surface area (Å²) in [7, 11) is 0. The van der Waals surface area contributed by atoms with Crippen LogP contribution in [0.1, 0.15) is 0 Å². The molecule has 3 aromatic carbocycles. The predicted octanol–water partition coefficient (Wildman–Crippen LogP) is 3.75. The molecule has 8 N–H and O–H groups in total. The number of anilines is 6. The van der Waals surface area contributed by atoms with Crippen LogP contribution < -0.4 is 22.1 Å². The maximum Gasteiger partial charge on any atom is 0.142 e. The van der Waals surface area contributed by atoms with Crippen molar-refractivity contribution in [2.45, 2.75) is 0 Å². The monoisotopic (exact) mass is 322 g/mol. The fourth-order valence-corrected chi connectivity index (χ4v) is 2.22. The number of rotatable bonds is 4. The Hall–Kier alpha value is -3.54. The fraction of sp³-hybridized carbons (Fsp3) is 0. The van der Waals surface area contributed by atoms with Gasteiger partial charge in [-0.25, -0.2) is 0 Å². The summed E-state index contributed by atoms with van der Waals surface area (Å²) < 4.78 is 0. The van der Waals surface area contributed by atoms with Crippen LogP contribution in [0.5, 0.6) is 11.5 Å². The van der Waals surface area contributed by atoms with Gasteiger partial charge in [0, 0.05) is 28.8 Å². The zero-order chi connectivity index (χ0) is 17.1. The molecule has 0 unspecified atom stereocenters. The molecule has 3 rings (SSSR count). The molecule has 0 atom stereocenters. The van der Waals surface area contributed by atoms with E-state index in [0.29, 0.717) is 22.7 Å². The molecule has 0 aromatic heterocycles. The van der Waals surface area contributed by atoms with Crippen LogP contribution in [0.25, 0.3) is 0 Å². The quantitative estimate of drug-likeness (QED) is 0.247. The molecule has 0 aliphatic heterocycles. The molecule has 3 aromatic rings. The Balaban J connectivity index is 1.87. The average Bonchev–Trinajstić information content (AvgIpc) is 2.56. The number of benzene rings is 3. The van der Waals surface area contributed by atoms with Gasteiger partial charge in [-0.1, -0.05) is 0 Å². The van der Waals surface area contributed by atoms with Gasteiger partial charge >= 0.3 is 0 Å². The highest BCUT2D eigenvalue weighted by Gasteiger charge is 2.09. The second kappa shape index (κ2) is 6.29. The van der Waals surface area contributed by atoms with Gasteiger partial charge in [-0.3, -0.25) is 0 Å². The molecule has 0 aliphatic carbocycles. The average molecular weight is 322 g/mol. The van der Waals surface area contributed by atoms with Gasteiger partial charge in [-0.15, -0.1) is 0 Å². The zero-order valence-corrected chi connectivity index (χ0v) is 12.8. The molecule has 0 heterocycles. The van der Waals surface area contributed by atoms with Crippen LogP contribution in [-0.4, -0.2) is 10.2 Å². The molecule has 122 valence electrons. The zero-order valence-electron chi connectivity index (χ0n) is 12.8. The van der Waals surface area contributed by atoms with Crippen LogP contribution in [0.15, 0.2) is 60.7 Å². The molecular weight excluding hydrogens is 304 g/mol. The topological polar surface area (TPSA) is 117 Å². The predicted molar refractivity (Wildman–Crippen MR) is 98.0 cm³/mol. The molecule has 6 heteroatoms. The van der Waals surface area contributed by atoms with Gasteiger partial charge in [0.05, 0.1) is 11.4 Å². The summed E-state index contributed by atoms with van der Waals surface area (Å²) in [4.78, 5) is 0. The second-order valence-corrected chi connectivity index (χ2v) is 5.38. The van der Waals surface area contributed by atoms with Crippen molar-refractivity contribution in [2.75, 3.05) is 22.1 Å². The molecule has 0 radical (unpaired) electrons. The Labute approximate surface area is 139 Å². The Morgan fingerprint density at radius 1 is 0.583 bits per heavy atom. The molecule has 0 amide bonds. The van der Waals surface area contributed by atoms with Crippen molar-refractivity contribution >= 4 is 34.1 Å². The van der Waals surface area contributed by atoms with Crippen molar-refractivity contribution in [1.29, 1.82) is 0 Å². The number of nitrogens with one attached hydrogen (secondary N) is 2. The SMILES string of the molecule is Nc1ccc(Nc2cc(Nc3ccc(N)cc3)c(O)cc2O)cc1. The highest BCUT2D eigenvalue weighted by atomic mass is 16.3. The molecule has 6 nitrogen and oxygen atoms in total. The minimum absolute atomic E-state index is 0.0628. The smallest absolute Gasteiger partial charge is 0.142 e. The fourth-order valence-electron chi connectivity index (χ4n) is 2.22. The standard InChI is InChI=1S/C18H18N4O2/c19-11-1-5-13(6-2-11)21-15-9-16(18(24)10-17(15)23)22-14-7-3-12(20)4-8-14/h1-10,21-24H,19-20H2. The first-order valence-corrected chi connectivity index (χ1v) is 7.32. The van der Waals surface area contributed by atoms with E-state index in [4.69, 9.17) is 11.5 Å². The number of hydrogen-bond acceptors (Lipinski definition) is 6. The summed E-state index contributed by atoms with van der Waals surface area (Å²) in [5.74, 6) is -0.126. The first kappa shape index (κ1) is 15.4. The van der Waals surface area contributed by atoms with Crippen molar-refractivity contribution in [3.63, 3.8) is 0 Å². The van der Waals surface area contributed by atoms with Crippen molar-refractivity contribution in [2.24, 2.45) is 0 Å². The first-order chi connectivity index (χ1) is 11.5. The van der Waals surface area contributed by atoms with Crippen molar-refractivity contribution in [1.82, 2.24) is 0 Å². The van der Waals surface area contributed by atoms with E-state index in [1.165, 1.54) is 6.07 Å². The van der Waals surface area contributed by atoms with Gasteiger partial charge in [-0.2, -0.15) is 0 Å². The highest BCUT2D eigenvalue weighted by molar-refractivity contribution is 5.77. The maximum atomic E-state index is 10.0. The van der Waals surface area contributed by atoms with E-state index in [9.17, 15) is 10.2 Å². The molecule has 0 fully saturated rings. The van der Waals surface area contributed by atoms with E-state index in [1.54, 1.807) is 54.6 Å². The summed E-state index contributed by atoms with van der Waals surface area (Å²) in [5, 5.41) is 26.3. The number of hydrogen-bond donors (Lipinski definition) is 6. The van der Waals surface area contributed by atoms with Gasteiger partial charge < -0.3 is 32.3 Å². The molecule has 24 heavy (non-hydrogen) atoms. The van der Waals surface area contributed by atoms with Crippen LogP contribution >= 0.6 is 0 Å². The summed E-state index contributed by atoms with van der Waals surface area (Å²) in [6.45, 7) is 0. The minimum Gasteiger partial charge on any atom is -0.506 e. The Kier molecular flexibility index (Phi) is 4.03. The minimum atomic E-state index is -0.0628. The molecule has 0 aliphatic rings. The van der Waals surface area contributed by atoms with Crippen molar-refractivity contribution in [3.8, 4) is 11.5 Å². The number of nitrogen functional groups attached to an aromatic ring is 2. The summed E-state index contributed by atoms with van der Waals surface area (Å²) in [5.41, 5.74) is 15.1. The van der Waals surface area contributed by atoms with E-state index in [2.05, 4.69) is 10.6 Å². The Bertz CT molecular complexity index is 777.